The van der Waals surface area contributed by atoms with E-state index >= 15 is 0 Å². The molecule has 0 saturated heterocycles. The Balaban J connectivity index is 2.04. The molecule has 0 unspecified atom stereocenters. The topological polar surface area (TPSA) is 39.1 Å². The van der Waals surface area contributed by atoms with Gasteiger partial charge in [-0.2, -0.15) is 0 Å². The molecule has 0 aliphatic rings. The van der Waals surface area contributed by atoms with Crippen LogP contribution in [0.25, 0.3) is 0 Å². The van der Waals surface area contributed by atoms with E-state index in [4.69, 9.17) is 0 Å². The van der Waals surface area contributed by atoms with Crippen molar-refractivity contribution < 1.29 is 9.59 Å². The van der Waals surface area contributed by atoms with Gasteiger partial charge >= 0.3 is 0 Å². The molecule has 0 aliphatic carbocycles. The standard InChI is InChI=1S/C24H35NO2/c1-2-3-4-5-6-7-8-9-10-11-12-13-14-15-16-19-24(27)25-21-17-18-23(25)20-22-26/h6-7,9-10,12-13,17-18,21-22H,2-5,8,11,14-16,19-20H2,1H3/b7-6+,10-9+,13-12+. The average molecular weight is 370 g/mol. The Morgan fingerprint density at radius 2 is 1.56 bits per heavy atom. The lowest BCUT2D eigenvalue weighted by molar-refractivity contribution is -0.107. The summed E-state index contributed by atoms with van der Waals surface area (Å²) in [4.78, 5) is 22.8. The third-order valence-electron chi connectivity index (χ3n) is 4.42. The first kappa shape index (κ1) is 22.9. The van der Waals surface area contributed by atoms with Crippen LogP contribution in [0.1, 0.15) is 81.6 Å². The number of nitrogens with zero attached hydrogens (tertiary/aromatic N) is 1. The molecular weight excluding hydrogens is 334 g/mol. The van der Waals surface area contributed by atoms with Crippen LogP contribution in [0.3, 0.4) is 0 Å². The Kier molecular flexibility index (Phi) is 13.6. The molecular formula is C24H35NO2. The van der Waals surface area contributed by atoms with Crippen LogP contribution in [0.15, 0.2) is 54.8 Å². The van der Waals surface area contributed by atoms with Gasteiger partial charge in [0.2, 0.25) is 5.91 Å². The Hall–Kier alpha value is -2.16. The van der Waals surface area contributed by atoms with Gasteiger partial charge < -0.3 is 4.79 Å². The van der Waals surface area contributed by atoms with Gasteiger partial charge in [-0.15, -0.1) is 0 Å². The van der Waals surface area contributed by atoms with Crippen LogP contribution in [-0.2, 0) is 11.2 Å². The summed E-state index contributed by atoms with van der Waals surface area (Å²) < 4.78 is 1.60. The zero-order valence-electron chi connectivity index (χ0n) is 16.8. The van der Waals surface area contributed by atoms with Crippen molar-refractivity contribution in [2.45, 2.75) is 77.6 Å². The maximum atomic E-state index is 12.1. The van der Waals surface area contributed by atoms with Gasteiger partial charge in [-0.05, 0) is 57.1 Å². The second kappa shape index (κ2) is 16.0. The first-order valence-electron chi connectivity index (χ1n) is 10.4. The van der Waals surface area contributed by atoms with Crippen LogP contribution < -0.4 is 0 Å². The van der Waals surface area contributed by atoms with Gasteiger partial charge in [0.1, 0.15) is 6.29 Å². The summed E-state index contributed by atoms with van der Waals surface area (Å²) in [6, 6.07) is 3.64. The van der Waals surface area contributed by atoms with E-state index in [0.29, 0.717) is 12.8 Å². The lowest BCUT2D eigenvalue weighted by Gasteiger charge is -2.05. The molecule has 0 spiro atoms. The largest absolute Gasteiger partial charge is 0.303 e. The van der Waals surface area contributed by atoms with E-state index in [1.165, 1.54) is 25.7 Å². The predicted molar refractivity (Wildman–Crippen MR) is 114 cm³/mol. The molecule has 148 valence electrons. The first-order valence-corrected chi connectivity index (χ1v) is 10.4. The molecule has 3 heteroatoms. The van der Waals surface area contributed by atoms with E-state index in [1.807, 2.05) is 12.1 Å². The SMILES string of the molecule is CCCCC/C=C/C/C=C/C/C=C/CCCCC(=O)n1cccc1CC=O. The van der Waals surface area contributed by atoms with Crippen LogP contribution in [-0.4, -0.2) is 16.8 Å². The van der Waals surface area contributed by atoms with Crippen molar-refractivity contribution in [3.8, 4) is 0 Å². The molecule has 0 atom stereocenters. The second-order valence-corrected chi connectivity index (χ2v) is 6.76. The fraction of sp³-hybridized carbons (Fsp3) is 0.500. The lowest BCUT2D eigenvalue weighted by atomic mass is 10.1. The molecule has 1 heterocycles. The molecule has 1 aromatic rings. The fourth-order valence-electron chi connectivity index (χ4n) is 2.86. The quantitative estimate of drug-likeness (QED) is 0.202. The minimum Gasteiger partial charge on any atom is -0.303 e. The molecule has 3 nitrogen and oxygen atoms in total. The van der Waals surface area contributed by atoms with Crippen molar-refractivity contribution in [2.24, 2.45) is 0 Å². The van der Waals surface area contributed by atoms with E-state index in [1.54, 1.807) is 10.8 Å². The van der Waals surface area contributed by atoms with Crippen molar-refractivity contribution in [3.05, 3.63) is 60.5 Å². The van der Waals surface area contributed by atoms with E-state index in [-0.39, 0.29) is 5.91 Å². The zero-order chi connectivity index (χ0) is 19.6. The highest BCUT2D eigenvalue weighted by molar-refractivity contribution is 5.80. The summed E-state index contributed by atoms with van der Waals surface area (Å²) in [6.07, 6.45) is 26.7. The third kappa shape index (κ3) is 11.2. The molecule has 0 N–H and O–H groups in total. The Labute approximate surface area is 164 Å². The summed E-state index contributed by atoms with van der Waals surface area (Å²) in [5.74, 6) is 0.0755. The molecule has 0 aliphatic heterocycles. The normalized spacial score (nSPS) is 11.9. The molecule has 0 aromatic carbocycles. The number of hydrogen-bond donors (Lipinski definition) is 0. The van der Waals surface area contributed by atoms with Crippen molar-refractivity contribution in [1.29, 1.82) is 0 Å². The number of unbranched alkanes of at least 4 members (excludes halogenated alkanes) is 5. The lowest BCUT2D eigenvalue weighted by Crippen LogP contribution is -2.12. The van der Waals surface area contributed by atoms with Gasteiger partial charge in [0.25, 0.3) is 0 Å². The number of allylic oxidation sites excluding steroid dienone is 6. The van der Waals surface area contributed by atoms with Crippen LogP contribution in [0, 0.1) is 0 Å². The number of carbonyl (C=O) groups is 2. The summed E-state index contributed by atoms with van der Waals surface area (Å²) in [5, 5.41) is 0. The summed E-state index contributed by atoms with van der Waals surface area (Å²) >= 11 is 0. The molecule has 0 radical (unpaired) electrons. The Morgan fingerprint density at radius 1 is 0.926 bits per heavy atom. The predicted octanol–water partition coefficient (Wildman–Crippen LogP) is 6.46. The van der Waals surface area contributed by atoms with Gasteiger partial charge in [0.15, 0.2) is 0 Å². The van der Waals surface area contributed by atoms with Crippen LogP contribution in [0.4, 0.5) is 0 Å². The fourth-order valence-corrected chi connectivity index (χ4v) is 2.86. The van der Waals surface area contributed by atoms with Crippen LogP contribution >= 0.6 is 0 Å². The van der Waals surface area contributed by atoms with Gasteiger partial charge in [-0.25, -0.2) is 0 Å². The molecule has 1 aromatic heterocycles. The van der Waals surface area contributed by atoms with E-state index < -0.39 is 0 Å². The number of aromatic nitrogens is 1. The number of carbonyl (C=O) groups excluding carboxylic acids is 2. The van der Waals surface area contributed by atoms with Gasteiger partial charge in [0.05, 0.1) is 0 Å². The average Bonchev–Trinajstić information content (AvgIpc) is 3.13. The molecule has 0 bridgehead atoms. The van der Waals surface area contributed by atoms with E-state index in [0.717, 1.165) is 44.1 Å². The van der Waals surface area contributed by atoms with Crippen molar-refractivity contribution in [3.63, 3.8) is 0 Å². The Morgan fingerprint density at radius 3 is 2.19 bits per heavy atom. The van der Waals surface area contributed by atoms with Crippen molar-refractivity contribution in [1.82, 2.24) is 4.57 Å². The molecule has 0 amide bonds. The van der Waals surface area contributed by atoms with Crippen molar-refractivity contribution in [2.75, 3.05) is 0 Å². The number of aldehydes is 1. The highest BCUT2D eigenvalue weighted by atomic mass is 16.2. The maximum absolute atomic E-state index is 12.1. The Bertz CT molecular complexity index is 608. The van der Waals surface area contributed by atoms with Gasteiger partial charge in [-0.1, -0.05) is 56.2 Å². The van der Waals surface area contributed by atoms with E-state index in [9.17, 15) is 9.59 Å². The highest BCUT2D eigenvalue weighted by Gasteiger charge is 2.08. The van der Waals surface area contributed by atoms with Crippen LogP contribution in [0.5, 0.6) is 0 Å². The maximum Gasteiger partial charge on any atom is 0.230 e. The zero-order valence-corrected chi connectivity index (χ0v) is 16.8. The summed E-state index contributed by atoms with van der Waals surface area (Å²) in [6.45, 7) is 2.23. The summed E-state index contributed by atoms with van der Waals surface area (Å²) in [7, 11) is 0. The molecule has 0 saturated carbocycles. The first-order chi connectivity index (χ1) is 13.3. The molecule has 27 heavy (non-hydrogen) atoms. The smallest absolute Gasteiger partial charge is 0.230 e. The van der Waals surface area contributed by atoms with Gasteiger partial charge in [-0.3, -0.25) is 9.36 Å². The number of hydrogen-bond acceptors (Lipinski definition) is 2. The third-order valence-corrected chi connectivity index (χ3v) is 4.42. The van der Waals surface area contributed by atoms with E-state index in [2.05, 4.69) is 43.4 Å². The summed E-state index contributed by atoms with van der Waals surface area (Å²) in [5.41, 5.74) is 0.775. The van der Waals surface area contributed by atoms with Gasteiger partial charge in [0, 0.05) is 24.7 Å². The molecule has 0 fully saturated rings. The molecule has 1 rings (SSSR count). The highest BCUT2D eigenvalue weighted by Crippen LogP contribution is 2.08. The monoisotopic (exact) mass is 369 g/mol. The van der Waals surface area contributed by atoms with Crippen LogP contribution in [0.2, 0.25) is 0 Å². The second-order valence-electron chi connectivity index (χ2n) is 6.76. The van der Waals surface area contributed by atoms with Crippen molar-refractivity contribution >= 4 is 12.2 Å². The number of rotatable bonds is 15. The minimum absolute atomic E-state index is 0.0755. The minimum atomic E-state index is 0.0755.